The molecule has 0 spiro atoms. The van der Waals surface area contributed by atoms with Gasteiger partial charge in [-0.25, -0.2) is 4.98 Å². The molecule has 3 aromatic rings. The molecule has 142 valence electrons. The highest BCUT2D eigenvalue weighted by molar-refractivity contribution is 7.15. The molecule has 1 amide bonds. The maximum Gasteiger partial charge on any atom is 0.257 e. The van der Waals surface area contributed by atoms with Gasteiger partial charge in [-0.05, 0) is 55.6 Å². The van der Waals surface area contributed by atoms with Crippen LogP contribution >= 0.6 is 23.7 Å². The van der Waals surface area contributed by atoms with Crippen molar-refractivity contribution in [1.29, 1.82) is 0 Å². The molecule has 8 heteroatoms. The third kappa shape index (κ3) is 4.94. The summed E-state index contributed by atoms with van der Waals surface area (Å²) in [6, 6.07) is 9.50. The number of nitrogens with one attached hydrogen (secondary N) is 2. The number of piperidine rings is 1. The second kappa shape index (κ2) is 9.12. The van der Waals surface area contributed by atoms with Crippen LogP contribution in [0.15, 0.2) is 48.9 Å². The normalized spacial score (nSPS) is 14.5. The van der Waals surface area contributed by atoms with E-state index in [1.165, 1.54) is 4.88 Å². The van der Waals surface area contributed by atoms with E-state index in [4.69, 9.17) is 0 Å². The zero-order chi connectivity index (χ0) is 17.8. The third-order valence-electron chi connectivity index (χ3n) is 4.61. The second-order valence-electron chi connectivity index (χ2n) is 6.45. The maximum absolute atomic E-state index is 12.5. The Hall–Kier alpha value is -2.22. The SMILES string of the molecule is Cl.O=C(Nc1ncc(C2CCNCC2)s1)c1ccc(Cn2cccn2)cc1. The summed E-state index contributed by atoms with van der Waals surface area (Å²) in [7, 11) is 0. The van der Waals surface area contributed by atoms with Crippen molar-refractivity contribution >= 4 is 34.8 Å². The Morgan fingerprint density at radius 3 is 2.74 bits per heavy atom. The number of nitrogens with zero attached hydrogens (tertiary/aromatic N) is 3. The molecule has 1 aliphatic rings. The van der Waals surface area contributed by atoms with E-state index in [1.807, 2.05) is 47.4 Å². The molecule has 1 fully saturated rings. The van der Waals surface area contributed by atoms with Crippen LogP contribution in [0.5, 0.6) is 0 Å². The Morgan fingerprint density at radius 2 is 2.04 bits per heavy atom. The third-order valence-corrected chi connectivity index (χ3v) is 5.68. The summed E-state index contributed by atoms with van der Waals surface area (Å²) in [4.78, 5) is 18.1. The van der Waals surface area contributed by atoms with Crippen LogP contribution in [0.25, 0.3) is 0 Å². The van der Waals surface area contributed by atoms with Crippen molar-refractivity contribution in [1.82, 2.24) is 20.1 Å². The molecule has 2 N–H and O–H groups in total. The standard InChI is InChI=1S/C19H21N5OS.ClH/c25-18(16-4-2-14(3-5-16)13-24-11-1-8-22-24)23-19-21-12-17(26-19)15-6-9-20-10-7-15;/h1-5,8,11-12,15,20H,6-7,9-10,13H2,(H,21,23,25);1H. The lowest BCUT2D eigenvalue weighted by Gasteiger charge is -2.20. The molecular formula is C19H22ClN5OS. The van der Waals surface area contributed by atoms with Crippen LogP contribution < -0.4 is 10.6 Å². The topological polar surface area (TPSA) is 71.8 Å². The number of thiazole rings is 1. The Bertz CT molecular complexity index is 857. The fraction of sp³-hybridized carbons (Fsp3) is 0.316. The largest absolute Gasteiger partial charge is 0.317 e. The molecule has 27 heavy (non-hydrogen) atoms. The van der Waals surface area contributed by atoms with Crippen molar-refractivity contribution in [3.8, 4) is 0 Å². The molecule has 3 heterocycles. The zero-order valence-electron chi connectivity index (χ0n) is 14.8. The molecule has 6 nitrogen and oxygen atoms in total. The molecule has 1 aliphatic heterocycles. The number of anilines is 1. The van der Waals surface area contributed by atoms with Crippen molar-refractivity contribution in [2.45, 2.75) is 25.3 Å². The van der Waals surface area contributed by atoms with Gasteiger partial charge >= 0.3 is 0 Å². The molecule has 0 atom stereocenters. The van der Waals surface area contributed by atoms with E-state index in [2.05, 4.69) is 20.7 Å². The van der Waals surface area contributed by atoms with E-state index in [9.17, 15) is 4.79 Å². The van der Waals surface area contributed by atoms with E-state index in [0.29, 0.717) is 23.2 Å². The van der Waals surface area contributed by atoms with Crippen LogP contribution in [0.4, 0.5) is 5.13 Å². The number of hydrogen-bond acceptors (Lipinski definition) is 5. The molecule has 0 bridgehead atoms. The maximum atomic E-state index is 12.5. The van der Waals surface area contributed by atoms with E-state index in [-0.39, 0.29) is 18.3 Å². The molecule has 1 saturated heterocycles. The van der Waals surface area contributed by atoms with Crippen molar-refractivity contribution in [3.05, 3.63) is 64.9 Å². The zero-order valence-corrected chi connectivity index (χ0v) is 16.4. The van der Waals surface area contributed by atoms with Crippen molar-refractivity contribution in [3.63, 3.8) is 0 Å². The van der Waals surface area contributed by atoms with Crippen LogP contribution in [0.3, 0.4) is 0 Å². The summed E-state index contributed by atoms with van der Waals surface area (Å²) in [5.41, 5.74) is 1.74. The Morgan fingerprint density at radius 1 is 1.26 bits per heavy atom. The number of halogens is 1. The van der Waals surface area contributed by atoms with E-state index >= 15 is 0 Å². The van der Waals surface area contributed by atoms with E-state index in [1.54, 1.807) is 17.5 Å². The first-order chi connectivity index (χ1) is 12.8. The van der Waals surface area contributed by atoms with Crippen molar-refractivity contribution in [2.75, 3.05) is 18.4 Å². The number of carbonyl (C=O) groups is 1. The van der Waals surface area contributed by atoms with Crippen LogP contribution in [0.1, 0.15) is 39.6 Å². The minimum atomic E-state index is -0.123. The van der Waals surface area contributed by atoms with Gasteiger partial charge in [0, 0.05) is 29.0 Å². The lowest BCUT2D eigenvalue weighted by atomic mass is 9.97. The highest BCUT2D eigenvalue weighted by Gasteiger charge is 2.18. The first-order valence-corrected chi connectivity index (χ1v) is 9.64. The fourth-order valence-corrected chi connectivity index (χ4v) is 4.13. The number of hydrogen-bond donors (Lipinski definition) is 2. The van der Waals surface area contributed by atoms with Crippen molar-refractivity contribution < 1.29 is 4.79 Å². The van der Waals surface area contributed by atoms with Crippen LogP contribution in [-0.2, 0) is 6.54 Å². The monoisotopic (exact) mass is 403 g/mol. The lowest BCUT2D eigenvalue weighted by Crippen LogP contribution is -2.26. The second-order valence-corrected chi connectivity index (χ2v) is 7.51. The Labute approximate surface area is 168 Å². The molecule has 0 radical (unpaired) electrons. The number of rotatable bonds is 5. The van der Waals surface area contributed by atoms with Crippen LogP contribution in [0.2, 0.25) is 0 Å². The van der Waals surface area contributed by atoms with Crippen molar-refractivity contribution in [2.24, 2.45) is 0 Å². The van der Waals surface area contributed by atoms with Gasteiger partial charge in [-0.3, -0.25) is 14.8 Å². The van der Waals surface area contributed by atoms with Gasteiger partial charge in [-0.1, -0.05) is 12.1 Å². The molecule has 0 unspecified atom stereocenters. The summed E-state index contributed by atoms with van der Waals surface area (Å²) in [5, 5.41) is 11.2. The summed E-state index contributed by atoms with van der Waals surface area (Å²) >= 11 is 1.59. The molecule has 2 aromatic heterocycles. The molecule has 1 aromatic carbocycles. The lowest BCUT2D eigenvalue weighted by molar-refractivity contribution is 0.102. The summed E-state index contributed by atoms with van der Waals surface area (Å²) in [6.07, 6.45) is 7.85. The van der Waals surface area contributed by atoms with Gasteiger partial charge in [0.05, 0.1) is 6.54 Å². The quantitative estimate of drug-likeness (QED) is 0.683. The summed E-state index contributed by atoms with van der Waals surface area (Å²) in [6.45, 7) is 2.80. The smallest absolute Gasteiger partial charge is 0.257 e. The number of benzene rings is 1. The van der Waals surface area contributed by atoms with Gasteiger partial charge in [0.25, 0.3) is 5.91 Å². The number of amides is 1. The summed E-state index contributed by atoms with van der Waals surface area (Å²) in [5.74, 6) is 0.433. The molecular weight excluding hydrogens is 382 g/mol. The summed E-state index contributed by atoms with van der Waals surface area (Å²) < 4.78 is 1.85. The predicted molar refractivity (Wildman–Crippen MR) is 110 cm³/mol. The van der Waals surface area contributed by atoms with Gasteiger partial charge < -0.3 is 5.32 Å². The Kier molecular flexibility index (Phi) is 6.60. The van der Waals surface area contributed by atoms with Crippen LogP contribution in [0, 0.1) is 0 Å². The minimum Gasteiger partial charge on any atom is -0.317 e. The fourth-order valence-electron chi connectivity index (χ4n) is 3.15. The molecule has 0 aliphatic carbocycles. The van der Waals surface area contributed by atoms with Gasteiger partial charge in [0.2, 0.25) is 0 Å². The van der Waals surface area contributed by atoms with Gasteiger partial charge in [0.1, 0.15) is 0 Å². The first-order valence-electron chi connectivity index (χ1n) is 8.82. The highest BCUT2D eigenvalue weighted by Crippen LogP contribution is 2.31. The molecule has 0 saturated carbocycles. The number of aromatic nitrogens is 3. The van der Waals surface area contributed by atoms with Crippen LogP contribution in [-0.4, -0.2) is 33.8 Å². The van der Waals surface area contributed by atoms with E-state index in [0.717, 1.165) is 31.5 Å². The minimum absolute atomic E-state index is 0. The average Bonchev–Trinajstić information content (AvgIpc) is 3.35. The van der Waals surface area contributed by atoms with E-state index < -0.39 is 0 Å². The predicted octanol–water partition coefficient (Wildman–Crippen LogP) is 3.53. The van der Waals surface area contributed by atoms with Gasteiger partial charge in [-0.2, -0.15) is 5.10 Å². The van der Waals surface area contributed by atoms with Gasteiger partial charge in [-0.15, -0.1) is 23.7 Å². The average molecular weight is 404 g/mol. The molecule has 4 rings (SSSR count). The number of carbonyl (C=O) groups excluding carboxylic acids is 1. The Balaban J connectivity index is 0.00000210. The van der Waals surface area contributed by atoms with Gasteiger partial charge in [0.15, 0.2) is 5.13 Å². The highest BCUT2D eigenvalue weighted by atomic mass is 35.5. The first kappa shape index (κ1) is 19.5.